The van der Waals surface area contributed by atoms with Crippen LogP contribution in [0.1, 0.15) is 10.4 Å². The molecule has 0 saturated carbocycles. The highest BCUT2D eigenvalue weighted by Gasteiger charge is 2.21. The van der Waals surface area contributed by atoms with Crippen molar-refractivity contribution in [2.45, 2.75) is 0 Å². The molecular formula is C14H17NO5. The lowest BCUT2D eigenvalue weighted by Crippen LogP contribution is -2.40. The zero-order chi connectivity index (χ0) is 14.4. The van der Waals surface area contributed by atoms with Crippen molar-refractivity contribution >= 4 is 11.9 Å². The lowest BCUT2D eigenvalue weighted by atomic mass is 10.1. The molecule has 6 nitrogen and oxygen atoms in total. The lowest BCUT2D eigenvalue weighted by Gasteiger charge is -2.27. The normalized spacial score (nSPS) is 14.8. The number of benzene rings is 1. The van der Waals surface area contributed by atoms with Gasteiger partial charge in [-0.25, -0.2) is 4.79 Å². The summed E-state index contributed by atoms with van der Waals surface area (Å²) in [6, 6.07) is 6.86. The Morgan fingerprint density at radius 1 is 1.25 bits per heavy atom. The Labute approximate surface area is 117 Å². The second-order valence-corrected chi connectivity index (χ2v) is 4.27. The highest BCUT2D eigenvalue weighted by molar-refractivity contribution is 5.97. The smallest absolute Gasteiger partial charge is 0.343 e. The molecule has 1 fully saturated rings. The molecule has 1 aromatic rings. The van der Waals surface area contributed by atoms with Gasteiger partial charge in [-0.1, -0.05) is 12.1 Å². The topological polar surface area (TPSA) is 65.1 Å². The molecule has 1 aromatic carbocycles. The standard InChI is InChI=1S/C14H17NO5/c1-18-13(16)10-20-12-5-3-2-4-11(12)14(17)15-6-8-19-9-7-15/h2-5H,6-10H2,1H3. The summed E-state index contributed by atoms with van der Waals surface area (Å²) in [5.74, 6) is -0.221. The van der Waals surface area contributed by atoms with E-state index in [0.29, 0.717) is 37.6 Å². The Balaban J connectivity index is 2.10. The fourth-order valence-corrected chi connectivity index (χ4v) is 1.90. The first kappa shape index (κ1) is 14.3. The zero-order valence-electron chi connectivity index (χ0n) is 11.3. The van der Waals surface area contributed by atoms with Gasteiger partial charge in [-0.2, -0.15) is 0 Å². The summed E-state index contributed by atoms with van der Waals surface area (Å²) in [6.45, 7) is 1.98. The van der Waals surface area contributed by atoms with Crippen LogP contribution < -0.4 is 4.74 Å². The van der Waals surface area contributed by atoms with Crippen molar-refractivity contribution in [3.63, 3.8) is 0 Å². The van der Waals surface area contributed by atoms with Gasteiger partial charge in [0.05, 0.1) is 25.9 Å². The molecule has 1 amide bonds. The summed E-state index contributed by atoms with van der Waals surface area (Å²) >= 11 is 0. The first-order valence-electron chi connectivity index (χ1n) is 6.38. The molecule has 1 aliphatic heterocycles. The number of morpholine rings is 1. The van der Waals surface area contributed by atoms with Gasteiger partial charge in [0.15, 0.2) is 6.61 Å². The molecule has 0 radical (unpaired) electrons. The first-order chi connectivity index (χ1) is 9.72. The number of hydrogen-bond acceptors (Lipinski definition) is 5. The van der Waals surface area contributed by atoms with E-state index in [1.807, 2.05) is 0 Å². The maximum Gasteiger partial charge on any atom is 0.343 e. The molecule has 1 saturated heterocycles. The number of amides is 1. The fraction of sp³-hybridized carbons (Fsp3) is 0.429. The van der Waals surface area contributed by atoms with Gasteiger partial charge in [-0.15, -0.1) is 0 Å². The molecule has 0 aliphatic carbocycles. The van der Waals surface area contributed by atoms with E-state index in [2.05, 4.69) is 4.74 Å². The molecule has 2 rings (SSSR count). The largest absolute Gasteiger partial charge is 0.481 e. The van der Waals surface area contributed by atoms with Gasteiger partial charge in [0.25, 0.3) is 5.91 Å². The molecule has 1 aliphatic rings. The van der Waals surface area contributed by atoms with E-state index in [9.17, 15) is 9.59 Å². The lowest BCUT2D eigenvalue weighted by molar-refractivity contribution is -0.142. The van der Waals surface area contributed by atoms with Crippen LogP contribution in [0.4, 0.5) is 0 Å². The van der Waals surface area contributed by atoms with Crippen molar-refractivity contribution in [1.29, 1.82) is 0 Å². The number of esters is 1. The molecule has 108 valence electrons. The Hall–Kier alpha value is -2.08. The molecule has 0 bridgehead atoms. The molecule has 6 heteroatoms. The van der Waals surface area contributed by atoms with Crippen LogP contribution in [-0.4, -0.2) is 56.8 Å². The molecule has 0 atom stereocenters. The second kappa shape index (κ2) is 6.91. The minimum atomic E-state index is -0.487. The zero-order valence-corrected chi connectivity index (χ0v) is 11.3. The van der Waals surface area contributed by atoms with E-state index in [1.54, 1.807) is 29.2 Å². The average Bonchev–Trinajstić information content (AvgIpc) is 2.53. The quantitative estimate of drug-likeness (QED) is 0.759. The SMILES string of the molecule is COC(=O)COc1ccccc1C(=O)N1CCOCC1. The van der Waals surface area contributed by atoms with Crippen LogP contribution in [0.5, 0.6) is 5.75 Å². The number of para-hydroxylation sites is 1. The van der Waals surface area contributed by atoms with E-state index in [1.165, 1.54) is 7.11 Å². The molecule has 0 N–H and O–H groups in total. The fourth-order valence-electron chi connectivity index (χ4n) is 1.90. The van der Waals surface area contributed by atoms with Crippen molar-refractivity contribution in [3.8, 4) is 5.75 Å². The summed E-state index contributed by atoms with van der Waals surface area (Å²) in [4.78, 5) is 25.2. The molecule has 20 heavy (non-hydrogen) atoms. The van der Waals surface area contributed by atoms with Crippen LogP contribution >= 0.6 is 0 Å². The third-order valence-corrected chi connectivity index (χ3v) is 2.99. The highest BCUT2D eigenvalue weighted by atomic mass is 16.6. The predicted octanol–water partition coefficient (Wildman–Crippen LogP) is 0.711. The van der Waals surface area contributed by atoms with Crippen LogP contribution in [0.15, 0.2) is 24.3 Å². The van der Waals surface area contributed by atoms with E-state index in [0.717, 1.165) is 0 Å². The molecule has 0 unspecified atom stereocenters. The first-order valence-corrected chi connectivity index (χ1v) is 6.38. The van der Waals surface area contributed by atoms with E-state index < -0.39 is 5.97 Å². The van der Waals surface area contributed by atoms with E-state index >= 15 is 0 Å². The minimum absolute atomic E-state index is 0.117. The predicted molar refractivity (Wildman–Crippen MR) is 70.7 cm³/mol. The van der Waals surface area contributed by atoms with Crippen LogP contribution in [-0.2, 0) is 14.3 Å². The summed E-state index contributed by atoms with van der Waals surface area (Å²) in [6.07, 6.45) is 0. The molecular weight excluding hydrogens is 262 g/mol. The van der Waals surface area contributed by atoms with E-state index in [-0.39, 0.29) is 12.5 Å². The molecule has 0 spiro atoms. The van der Waals surface area contributed by atoms with Gasteiger partial charge in [-0.05, 0) is 12.1 Å². The Kier molecular flexibility index (Phi) is 4.95. The van der Waals surface area contributed by atoms with Crippen LogP contribution in [0.2, 0.25) is 0 Å². The number of carbonyl (C=O) groups excluding carboxylic acids is 2. The number of nitrogens with zero attached hydrogens (tertiary/aromatic N) is 1. The number of carbonyl (C=O) groups is 2. The van der Waals surface area contributed by atoms with Crippen molar-refractivity contribution < 1.29 is 23.8 Å². The van der Waals surface area contributed by atoms with Gasteiger partial charge in [-0.3, -0.25) is 4.79 Å². The number of rotatable bonds is 4. The van der Waals surface area contributed by atoms with Crippen molar-refractivity contribution in [2.75, 3.05) is 40.0 Å². The third-order valence-electron chi connectivity index (χ3n) is 2.99. The highest BCUT2D eigenvalue weighted by Crippen LogP contribution is 2.20. The van der Waals surface area contributed by atoms with Gasteiger partial charge in [0.1, 0.15) is 5.75 Å². The van der Waals surface area contributed by atoms with Crippen molar-refractivity contribution in [3.05, 3.63) is 29.8 Å². The van der Waals surface area contributed by atoms with Crippen molar-refractivity contribution in [2.24, 2.45) is 0 Å². The maximum absolute atomic E-state index is 12.4. The van der Waals surface area contributed by atoms with Crippen LogP contribution in [0.25, 0.3) is 0 Å². The number of ether oxygens (including phenoxy) is 3. The Morgan fingerprint density at radius 3 is 2.65 bits per heavy atom. The summed E-state index contributed by atoms with van der Waals surface area (Å²) in [5, 5.41) is 0. The summed E-state index contributed by atoms with van der Waals surface area (Å²) in [7, 11) is 1.29. The number of methoxy groups -OCH3 is 1. The van der Waals surface area contributed by atoms with E-state index in [4.69, 9.17) is 9.47 Å². The number of hydrogen-bond donors (Lipinski definition) is 0. The maximum atomic E-state index is 12.4. The van der Waals surface area contributed by atoms with Gasteiger partial charge < -0.3 is 19.1 Å². The Bertz CT molecular complexity index is 482. The Morgan fingerprint density at radius 2 is 1.95 bits per heavy atom. The summed E-state index contributed by atoms with van der Waals surface area (Å²) < 4.78 is 15.1. The minimum Gasteiger partial charge on any atom is -0.481 e. The average molecular weight is 279 g/mol. The van der Waals surface area contributed by atoms with Crippen LogP contribution in [0, 0.1) is 0 Å². The molecule has 1 heterocycles. The van der Waals surface area contributed by atoms with Gasteiger partial charge >= 0.3 is 5.97 Å². The third kappa shape index (κ3) is 3.48. The summed E-state index contributed by atoms with van der Waals surface area (Å²) in [5.41, 5.74) is 0.443. The van der Waals surface area contributed by atoms with Gasteiger partial charge in [0, 0.05) is 13.1 Å². The monoisotopic (exact) mass is 279 g/mol. The van der Waals surface area contributed by atoms with Crippen LogP contribution in [0.3, 0.4) is 0 Å². The second-order valence-electron chi connectivity index (χ2n) is 4.27. The van der Waals surface area contributed by atoms with Gasteiger partial charge in [0.2, 0.25) is 0 Å². The molecule has 0 aromatic heterocycles. The van der Waals surface area contributed by atoms with Crippen molar-refractivity contribution in [1.82, 2.24) is 4.90 Å².